The van der Waals surface area contributed by atoms with Gasteiger partial charge < -0.3 is 10.4 Å². The highest BCUT2D eigenvalue weighted by atomic mass is 16.3. The van der Waals surface area contributed by atoms with Gasteiger partial charge in [0.15, 0.2) is 0 Å². The number of fused-ring (bicyclic) bond motifs is 2. The topological polar surface area (TPSA) is 94.1 Å². The Hall–Kier alpha value is -2.77. The molecule has 3 N–H and O–H groups in total. The summed E-state index contributed by atoms with van der Waals surface area (Å²) in [6, 6.07) is 13.5. The summed E-state index contributed by atoms with van der Waals surface area (Å²) in [5, 5.41) is 23.6. The van der Waals surface area contributed by atoms with E-state index in [1.54, 1.807) is 18.2 Å². The average Bonchev–Trinajstić information content (AvgIpc) is 3.14. The fraction of sp³-hybridized carbons (Fsp3) is 0.316. The van der Waals surface area contributed by atoms with E-state index in [2.05, 4.69) is 43.8 Å². The summed E-state index contributed by atoms with van der Waals surface area (Å²) >= 11 is 0. The van der Waals surface area contributed by atoms with Crippen LogP contribution in [0.2, 0.25) is 0 Å². The number of H-pyrrole nitrogens is 1. The average molecular weight is 351 g/mol. The summed E-state index contributed by atoms with van der Waals surface area (Å²) in [6.45, 7) is 2.51. The fourth-order valence-electron chi connectivity index (χ4n) is 3.37. The molecule has 1 aliphatic rings. The van der Waals surface area contributed by atoms with Gasteiger partial charge in [-0.2, -0.15) is 15.4 Å². The molecule has 0 saturated carbocycles. The maximum atomic E-state index is 12.3. The zero-order valence-electron chi connectivity index (χ0n) is 14.4. The Morgan fingerprint density at radius 1 is 1.19 bits per heavy atom. The molecule has 1 amide bonds. The highest BCUT2D eigenvalue weighted by Crippen LogP contribution is 2.18. The lowest BCUT2D eigenvalue weighted by Crippen LogP contribution is -2.42. The lowest BCUT2D eigenvalue weighted by Gasteiger charge is -2.30. The second-order valence-electron chi connectivity index (χ2n) is 6.64. The van der Waals surface area contributed by atoms with Crippen molar-refractivity contribution in [1.29, 1.82) is 0 Å². The molecule has 0 bridgehead atoms. The van der Waals surface area contributed by atoms with Gasteiger partial charge in [-0.05, 0) is 35.7 Å². The first-order valence-electron chi connectivity index (χ1n) is 8.75. The molecule has 0 radical (unpaired) electrons. The third kappa shape index (κ3) is 3.58. The van der Waals surface area contributed by atoms with Crippen LogP contribution in [0.15, 0.2) is 42.5 Å². The largest absolute Gasteiger partial charge is 0.390 e. The van der Waals surface area contributed by atoms with Crippen molar-refractivity contribution in [2.45, 2.75) is 19.1 Å². The Kier molecular flexibility index (Phi) is 4.64. The van der Waals surface area contributed by atoms with E-state index >= 15 is 0 Å². The zero-order chi connectivity index (χ0) is 17.9. The van der Waals surface area contributed by atoms with Gasteiger partial charge in [0.2, 0.25) is 0 Å². The van der Waals surface area contributed by atoms with E-state index in [9.17, 15) is 9.90 Å². The number of nitrogens with one attached hydrogen (secondary N) is 2. The minimum atomic E-state index is -0.611. The Bertz CT molecular complexity index is 923. The molecule has 26 heavy (non-hydrogen) atoms. The molecule has 1 unspecified atom stereocenters. The van der Waals surface area contributed by atoms with Gasteiger partial charge in [-0.25, -0.2) is 0 Å². The Labute approximate surface area is 151 Å². The van der Waals surface area contributed by atoms with E-state index in [0.29, 0.717) is 23.1 Å². The second-order valence-corrected chi connectivity index (χ2v) is 6.64. The van der Waals surface area contributed by atoms with Gasteiger partial charge in [0.1, 0.15) is 11.0 Å². The van der Waals surface area contributed by atoms with Crippen molar-refractivity contribution in [2.24, 2.45) is 0 Å². The smallest absolute Gasteiger partial charge is 0.251 e. The summed E-state index contributed by atoms with van der Waals surface area (Å²) < 4.78 is 0. The van der Waals surface area contributed by atoms with Crippen LogP contribution < -0.4 is 5.32 Å². The molecule has 7 nitrogen and oxygen atoms in total. The van der Waals surface area contributed by atoms with Gasteiger partial charge in [-0.15, -0.1) is 0 Å². The van der Waals surface area contributed by atoms with Gasteiger partial charge in [0.25, 0.3) is 5.91 Å². The molecule has 0 spiro atoms. The highest BCUT2D eigenvalue weighted by molar-refractivity contribution is 5.97. The first kappa shape index (κ1) is 16.7. The molecule has 1 atom stereocenters. The summed E-state index contributed by atoms with van der Waals surface area (Å²) in [7, 11) is 0. The lowest BCUT2D eigenvalue weighted by atomic mass is 10.00. The van der Waals surface area contributed by atoms with E-state index < -0.39 is 6.10 Å². The quantitative estimate of drug-likeness (QED) is 0.640. The number of amides is 1. The van der Waals surface area contributed by atoms with Crippen molar-refractivity contribution >= 4 is 16.9 Å². The Morgan fingerprint density at radius 3 is 2.88 bits per heavy atom. The molecule has 2 aromatic carbocycles. The molecule has 2 heterocycles. The van der Waals surface area contributed by atoms with Crippen molar-refractivity contribution in [1.82, 2.24) is 25.6 Å². The summed E-state index contributed by atoms with van der Waals surface area (Å²) in [6.07, 6.45) is 0.382. The molecule has 1 aromatic heterocycles. The van der Waals surface area contributed by atoms with Gasteiger partial charge >= 0.3 is 0 Å². The summed E-state index contributed by atoms with van der Waals surface area (Å²) in [4.78, 5) is 14.5. The number of hydrogen-bond donors (Lipinski definition) is 3. The monoisotopic (exact) mass is 351 g/mol. The highest BCUT2D eigenvalue weighted by Gasteiger charge is 2.19. The van der Waals surface area contributed by atoms with Gasteiger partial charge in [-0.1, -0.05) is 24.3 Å². The predicted molar refractivity (Wildman–Crippen MR) is 97.7 cm³/mol. The van der Waals surface area contributed by atoms with Crippen LogP contribution in [0.3, 0.4) is 0 Å². The first-order valence-corrected chi connectivity index (χ1v) is 8.75. The Morgan fingerprint density at radius 2 is 2.00 bits per heavy atom. The van der Waals surface area contributed by atoms with Crippen LogP contribution >= 0.6 is 0 Å². The number of β-amino-alcohol motifs (C(OH)–C–C–N with tert-alkyl or cyclic N) is 1. The Balaban J connectivity index is 1.30. The number of aromatic amines is 1. The van der Waals surface area contributed by atoms with Gasteiger partial charge in [0, 0.05) is 31.7 Å². The number of nitrogens with zero attached hydrogens (tertiary/aromatic N) is 3. The van der Waals surface area contributed by atoms with Gasteiger partial charge in [-0.3, -0.25) is 9.69 Å². The maximum absolute atomic E-state index is 12.3. The van der Waals surface area contributed by atoms with E-state index in [4.69, 9.17) is 0 Å². The molecule has 0 aliphatic carbocycles. The van der Waals surface area contributed by atoms with E-state index in [1.165, 1.54) is 11.1 Å². The molecule has 134 valence electrons. The molecular formula is C19H21N5O2. The molecule has 0 fully saturated rings. The number of benzene rings is 2. The van der Waals surface area contributed by atoms with E-state index in [1.807, 2.05) is 6.07 Å². The third-order valence-electron chi connectivity index (χ3n) is 4.76. The predicted octanol–water partition coefficient (Wildman–Crippen LogP) is 1.11. The minimum absolute atomic E-state index is 0.216. The van der Waals surface area contributed by atoms with Crippen LogP contribution in [0.4, 0.5) is 0 Å². The van der Waals surface area contributed by atoms with Crippen LogP contribution in [0.1, 0.15) is 21.5 Å². The summed E-state index contributed by atoms with van der Waals surface area (Å²) in [5.74, 6) is -0.224. The van der Waals surface area contributed by atoms with Crippen LogP contribution in [0, 0.1) is 0 Å². The number of hydrogen-bond acceptors (Lipinski definition) is 5. The number of carbonyl (C=O) groups is 1. The molecule has 4 rings (SSSR count). The van der Waals surface area contributed by atoms with Crippen molar-refractivity contribution in [3.8, 4) is 0 Å². The molecular weight excluding hydrogens is 330 g/mol. The fourth-order valence-corrected chi connectivity index (χ4v) is 3.37. The second kappa shape index (κ2) is 7.23. The van der Waals surface area contributed by atoms with Crippen LogP contribution in [0.25, 0.3) is 11.0 Å². The first-order chi connectivity index (χ1) is 12.7. The lowest BCUT2D eigenvalue weighted by molar-refractivity contribution is 0.0842. The minimum Gasteiger partial charge on any atom is -0.390 e. The number of aromatic nitrogens is 3. The van der Waals surface area contributed by atoms with Crippen molar-refractivity contribution < 1.29 is 9.90 Å². The van der Waals surface area contributed by atoms with E-state index in [0.717, 1.165) is 19.5 Å². The number of carbonyl (C=O) groups excluding carboxylic acids is 1. The van der Waals surface area contributed by atoms with Crippen LogP contribution in [0.5, 0.6) is 0 Å². The van der Waals surface area contributed by atoms with Crippen molar-refractivity contribution in [2.75, 3.05) is 19.6 Å². The van der Waals surface area contributed by atoms with Crippen molar-refractivity contribution in [3.63, 3.8) is 0 Å². The van der Waals surface area contributed by atoms with E-state index in [-0.39, 0.29) is 12.5 Å². The van der Waals surface area contributed by atoms with Crippen LogP contribution in [-0.2, 0) is 13.0 Å². The molecule has 7 heteroatoms. The molecule has 1 aliphatic heterocycles. The van der Waals surface area contributed by atoms with Crippen LogP contribution in [-0.4, -0.2) is 57.1 Å². The number of aliphatic hydroxyl groups excluding tert-OH is 1. The molecule has 3 aromatic rings. The normalized spacial score (nSPS) is 15.6. The third-order valence-corrected chi connectivity index (χ3v) is 4.76. The SMILES string of the molecule is O=C(NCC(O)CN1CCc2ccccc2C1)c1ccc2n[nH]nc2c1. The zero-order valence-corrected chi connectivity index (χ0v) is 14.4. The number of aliphatic hydroxyl groups is 1. The van der Waals surface area contributed by atoms with Crippen molar-refractivity contribution in [3.05, 3.63) is 59.2 Å². The number of rotatable bonds is 5. The standard InChI is InChI=1S/C19H21N5O2/c25-16(12-24-8-7-13-3-1-2-4-15(13)11-24)10-20-19(26)14-5-6-17-18(9-14)22-23-21-17/h1-6,9,16,25H,7-8,10-12H2,(H,20,26)(H,21,22,23). The van der Waals surface area contributed by atoms with Gasteiger partial charge in [0.05, 0.1) is 6.10 Å². The summed E-state index contributed by atoms with van der Waals surface area (Å²) in [5.41, 5.74) is 4.56. The molecule has 0 saturated heterocycles. The maximum Gasteiger partial charge on any atom is 0.251 e.